The normalized spacial score (nSPS) is 21.4. The first-order valence-corrected chi connectivity index (χ1v) is 7.70. The van der Waals surface area contributed by atoms with Crippen molar-refractivity contribution in [3.63, 3.8) is 0 Å². The van der Waals surface area contributed by atoms with E-state index < -0.39 is 0 Å². The molecule has 2 unspecified atom stereocenters. The van der Waals surface area contributed by atoms with Gasteiger partial charge in [-0.2, -0.15) is 0 Å². The fourth-order valence-corrected chi connectivity index (χ4v) is 3.12. The lowest BCUT2D eigenvalue weighted by atomic mass is 10.0. The van der Waals surface area contributed by atoms with Crippen molar-refractivity contribution in [1.82, 2.24) is 10.2 Å². The molecule has 0 bridgehead atoms. The molecule has 1 amide bonds. The van der Waals surface area contributed by atoms with Gasteiger partial charge in [0.05, 0.1) is 12.6 Å². The van der Waals surface area contributed by atoms with E-state index in [9.17, 15) is 4.79 Å². The Hall–Kier alpha value is -1.06. The maximum Gasteiger partial charge on any atom is 0.234 e. The molecule has 1 heterocycles. The van der Waals surface area contributed by atoms with Crippen LogP contribution < -0.4 is 5.32 Å². The van der Waals surface area contributed by atoms with E-state index in [0.717, 1.165) is 18.7 Å². The number of carbonyl (C=O) groups excluding carboxylic acids is 1. The zero-order valence-electron chi connectivity index (χ0n) is 12.2. The lowest BCUT2D eigenvalue weighted by Crippen LogP contribution is -2.42. The molecule has 1 aliphatic rings. The quantitative estimate of drug-likeness (QED) is 0.924. The van der Waals surface area contributed by atoms with Gasteiger partial charge in [0, 0.05) is 11.6 Å². The summed E-state index contributed by atoms with van der Waals surface area (Å²) in [5.74, 6) is 0.768. The number of hydrogen-bond acceptors (Lipinski definition) is 2. The van der Waals surface area contributed by atoms with Gasteiger partial charge in [-0.25, -0.2) is 0 Å². The van der Waals surface area contributed by atoms with E-state index in [4.69, 9.17) is 11.6 Å². The van der Waals surface area contributed by atoms with E-state index in [-0.39, 0.29) is 11.9 Å². The van der Waals surface area contributed by atoms with Gasteiger partial charge in [0.15, 0.2) is 0 Å². The summed E-state index contributed by atoms with van der Waals surface area (Å²) in [6.45, 7) is 6.75. The maximum absolute atomic E-state index is 12.1. The zero-order valence-corrected chi connectivity index (χ0v) is 13.0. The van der Waals surface area contributed by atoms with Crippen LogP contribution in [0, 0.1) is 5.92 Å². The number of piperidine rings is 1. The van der Waals surface area contributed by atoms with E-state index in [1.54, 1.807) is 0 Å². The SMILES string of the molecule is CC1CCCN(CC(=O)NC(C)c2ccccc2Cl)C1. The minimum atomic E-state index is -0.0570. The third kappa shape index (κ3) is 4.22. The van der Waals surface area contributed by atoms with Crippen molar-refractivity contribution in [2.45, 2.75) is 32.7 Å². The average molecular weight is 295 g/mol. The van der Waals surface area contributed by atoms with Gasteiger partial charge >= 0.3 is 0 Å². The molecule has 0 spiro atoms. The molecule has 110 valence electrons. The summed E-state index contributed by atoms with van der Waals surface area (Å²) in [6, 6.07) is 7.59. The summed E-state index contributed by atoms with van der Waals surface area (Å²) in [6.07, 6.45) is 2.46. The van der Waals surface area contributed by atoms with Gasteiger partial charge in [0.2, 0.25) is 5.91 Å². The number of rotatable bonds is 4. The van der Waals surface area contributed by atoms with Crippen molar-refractivity contribution < 1.29 is 4.79 Å². The van der Waals surface area contributed by atoms with Crippen molar-refractivity contribution in [3.05, 3.63) is 34.9 Å². The molecule has 0 aromatic heterocycles. The molecule has 0 radical (unpaired) electrons. The second kappa shape index (κ2) is 7.09. The van der Waals surface area contributed by atoms with Crippen LogP contribution >= 0.6 is 11.6 Å². The second-order valence-corrected chi connectivity index (χ2v) is 6.20. The van der Waals surface area contributed by atoms with Crippen molar-refractivity contribution >= 4 is 17.5 Å². The van der Waals surface area contributed by atoms with Crippen LogP contribution in [-0.4, -0.2) is 30.4 Å². The number of amides is 1. The fourth-order valence-electron chi connectivity index (χ4n) is 2.82. The van der Waals surface area contributed by atoms with E-state index in [1.807, 2.05) is 31.2 Å². The Labute approximate surface area is 126 Å². The first-order valence-electron chi connectivity index (χ1n) is 7.32. The number of halogens is 1. The van der Waals surface area contributed by atoms with Crippen LogP contribution in [0.3, 0.4) is 0 Å². The molecule has 1 aliphatic heterocycles. The van der Waals surface area contributed by atoms with E-state index in [2.05, 4.69) is 17.1 Å². The lowest BCUT2D eigenvalue weighted by Gasteiger charge is -2.30. The predicted octanol–water partition coefficient (Wildman–Crippen LogP) is 3.25. The number of benzene rings is 1. The van der Waals surface area contributed by atoms with Gasteiger partial charge in [-0.15, -0.1) is 0 Å². The first kappa shape index (κ1) is 15.3. The summed E-state index contributed by atoms with van der Waals surface area (Å²) in [5.41, 5.74) is 0.967. The van der Waals surface area contributed by atoms with Gasteiger partial charge in [0.1, 0.15) is 0 Å². The van der Waals surface area contributed by atoms with Gasteiger partial charge in [-0.05, 0) is 43.9 Å². The lowest BCUT2D eigenvalue weighted by molar-refractivity contribution is -0.123. The standard InChI is InChI=1S/C16H23ClN2O/c1-12-6-5-9-19(10-12)11-16(20)18-13(2)14-7-3-4-8-15(14)17/h3-4,7-8,12-13H,5-6,9-11H2,1-2H3,(H,18,20). The van der Waals surface area contributed by atoms with Crippen LogP contribution in [0.5, 0.6) is 0 Å². The van der Waals surface area contributed by atoms with Crippen molar-refractivity contribution in [1.29, 1.82) is 0 Å². The van der Waals surface area contributed by atoms with Crippen molar-refractivity contribution in [2.24, 2.45) is 5.92 Å². The van der Waals surface area contributed by atoms with Crippen molar-refractivity contribution in [2.75, 3.05) is 19.6 Å². The third-order valence-corrected chi connectivity index (χ3v) is 4.20. The smallest absolute Gasteiger partial charge is 0.234 e. The van der Waals surface area contributed by atoms with E-state index in [0.29, 0.717) is 17.5 Å². The molecule has 1 N–H and O–H groups in total. The topological polar surface area (TPSA) is 32.3 Å². The zero-order chi connectivity index (χ0) is 14.5. The van der Waals surface area contributed by atoms with Gasteiger partial charge in [-0.3, -0.25) is 9.69 Å². The highest BCUT2D eigenvalue weighted by molar-refractivity contribution is 6.31. The van der Waals surface area contributed by atoms with Gasteiger partial charge in [-0.1, -0.05) is 36.7 Å². The third-order valence-electron chi connectivity index (χ3n) is 3.86. The van der Waals surface area contributed by atoms with Crippen LogP contribution in [0.15, 0.2) is 24.3 Å². The van der Waals surface area contributed by atoms with Gasteiger partial charge < -0.3 is 5.32 Å². The summed E-state index contributed by atoms with van der Waals surface area (Å²) in [7, 11) is 0. The van der Waals surface area contributed by atoms with Crippen LogP contribution in [-0.2, 0) is 4.79 Å². The molecule has 20 heavy (non-hydrogen) atoms. The highest BCUT2D eigenvalue weighted by atomic mass is 35.5. The summed E-state index contributed by atoms with van der Waals surface area (Å²) < 4.78 is 0. The molecule has 0 saturated carbocycles. The molecule has 2 rings (SSSR count). The molecule has 1 aromatic carbocycles. The predicted molar refractivity (Wildman–Crippen MR) is 82.8 cm³/mol. The first-order chi connectivity index (χ1) is 9.56. The highest BCUT2D eigenvalue weighted by Crippen LogP contribution is 2.22. The second-order valence-electron chi connectivity index (χ2n) is 5.79. The Bertz CT molecular complexity index is 464. The monoisotopic (exact) mass is 294 g/mol. The van der Waals surface area contributed by atoms with Crippen LogP contribution in [0.2, 0.25) is 5.02 Å². The average Bonchev–Trinajstić information content (AvgIpc) is 2.38. The Morgan fingerprint density at radius 2 is 2.25 bits per heavy atom. The molecule has 0 aliphatic carbocycles. The molecular formula is C16H23ClN2O. The van der Waals surface area contributed by atoms with Crippen molar-refractivity contribution in [3.8, 4) is 0 Å². The Morgan fingerprint density at radius 1 is 1.50 bits per heavy atom. The number of nitrogens with zero attached hydrogens (tertiary/aromatic N) is 1. The van der Waals surface area contributed by atoms with Gasteiger partial charge in [0.25, 0.3) is 0 Å². The molecule has 1 saturated heterocycles. The van der Waals surface area contributed by atoms with Crippen LogP contribution in [0.1, 0.15) is 38.3 Å². The number of nitrogens with one attached hydrogen (secondary N) is 1. The Balaban J connectivity index is 1.86. The minimum absolute atomic E-state index is 0.0570. The van der Waals surface area contributed by atoms with E-state index in [1.165, 1.54) is 12.8 Å². The number of hydrogen-bond donors (Lipinski definition) is 1. The largest absolute Gasteiger partial charge is 0.348 e. The molecule has 1 aromatic rings. The number of likely N-dealkylation sites (tertiary alicyclic amines) is 1. The molecule has 1 fully saturated rings. The Morgan fingerprint density at radius 3 is 2.95 bits per heavy atom. The summed E-state index contributed by atoms with van der Waals surface area (Å²) >= 11 is 6.15. The minimum Gasteiger partial charge on any atom is -0.348 e. The highest BCUT2D eigenvalue weighted by Gasteiger charge is 2.19. The molecule has 4 heteroatoms. The van der Waals surface area contributed by atoms with Crippen LogP contribution in [0.25, 0.3) is 0 Å². The molecule has 3 nitrogen and oxygen atoms in total. The number of carbonyl (C=O) groups is 1. The Kier molecular flexibility index (Phi) is 5.44. The molecule has 2 atom stereocenters. The summed E-state index contributed by atoms with van der Waals surface area (Å²) in [4.78, 5) is 14.4. The molecular weight excluding hydrogens is 272 g/mol. The maximum atomic E-state index is 12.1. The summed E-state index contributed by atoms with van der Waals surface area (Å²) in [5, 5.41) is 3.73. The van der Waals surface area contributed by atoms with E-state index >= 15 is 0 Å². The fraction of sp³-hybridized carbons (Fsp3) is 0.562. The van der Waals surface area contributed by atoms with Crippen LogP contribution in [0.4, 0.5) is 0 Å².